The van der Waals surface area contributed by atoms with E-state index in [1.165, 1.54) is 6.20 Å². The van der Waals surface area contributed by atoms with Crippen LogP contribution < -0.4 is 10.1 Å². The van der Waals surface area contributed by atoms with Crippen LogP contribution >= 0.6 is 0 Å². The number of nitrogens with zero attached hydrogens (tertiary/aromatic N) is 2. The van der Waals surface area contributed by atoms with Crippen LogP contribution in [0.4, 0.5) is 0 Å². The van der Waals surface area contributed by atoms with Gasteiger partial charge in [-0.15, -0.1) is 0 Å². The molecule has 2 N–H and O–H groups in total. The molecule has 0 bridgehead atoms. The molecule has 0 radical (unpaired) electrons. The van der Waals surface area contributed by atoms with E-state index in [0.717, 1.165) is 5.56 Å². The molecular weight excluding hydrogens is 316 g/mol. The van der Waals surface area contributed by atoms with Crippen LogP contribution in [0.3, 0.4) is 0 Å². The molecule has 1 heterocycles. The summed E-state index contributed by atoms with van der Waals surface area (Å²) >= 11 is 0. The summed E-state index contributed by atoms with van der Waals surface area (Å²) in [5.74, 6) is 0.317. The molecule has 0 saturated heterocycles. The molecule has 6 heteroatoms. The van der Waals surface area contributed by atoms with Gasteiger partial charge < -0.3 is 10.1 Å². The van der Waals surface area contributed by atoms with E-state index in [0.29, 0.717) is 23.6 Å². The Kier molecular flexibility index (Phi) is 5.07. The molecule has 1 atom stereocenters. The van der Waals surface area contributed by atoms with Crippen molar-refractivity contribution in [1.82, 2.24) is 15.5 Å². The number of nitrogens with one attached hydrogen (secondary N) is 2. The van der Waals surface area contributed by atoms with E-state index in [-0.39, 0.29) is 5.91 Å². The normalized spacial score (nSPS) is 11.3. The number of ether oxygens (including phenoxy) is 1. The monoisotopic (exact) mass is 332 g/mol. The predicted octanol–water partition coefficient (Wildman–Crippen LogP) is 2.98. The van der Waals surface area contributed by atoms with Gasteiger partial charge in [0, 0.05) is 6.20 Å². The molecule has 0 fully saturated rings. The summed E-state index contributed by atoms with van der Waals surface area (Å²) < 4.78 is 5.72. The van der Waals surface area contributed by atoms with Gasteiger partial charge in [-0.2, -0.15) is 10.4 Å². The summed E-state index contributed by atoms with van der Waals surface area (Å²) in [5.41, 5.74) is 2.07. The minimum absolute atomic E-state index is 0.308. The van der Waals surface area contributed by atoms with Crippen molar-refractivity contribution in [3.63, 3.8) is 0 Å². The summed E-state index contributed by atoms with van der Waals surface area (Å²) in [6.45, 7) is 0.471. The van der Waals surface area contributed by atoms with Gasteiger partial charge in [0.15, 0.2) is 0 Å². The number of hydrogen-bond acceptors (Lipinski definition) is 4. The van der Waals surface area contributed by atoms with Crippen LogP contribution in [-0.2, 0) is 6.61 Å². The standard InChI is InChI=1S/C19H16N4O2/c20-12-18(22-19(24)17-10-11-21-23-17)15-6-8-16(9-7-15)25-13-14-4-2-1-3-5-14/h1-11,18H,13H2,(H,21,23)(H,22,24)/t18-/m0/s1. The molecule has 1 aromatic heterocycles. The average Bonchev–Trinajstić information content (AvgIpc) is 3.20. The van der Waals surface area contributed by atoms with Gasteiger partial charge in [0.05, 0.1) is 6.07 Å². The van der Waals surface area contributed by atoms with Gasteiger partial charge in [0.1, 0.15) is 24.1 Å². The van der Waals surface area contributed by atoms with Crippen LogP contribution in [0.1, 0.15) is 27.7 Å². The van der Waals surface area contributed by atoms with Crippen LogP contribution in [0, 0.1) is 11.3 Å². The molecule has 3 aromatic rings. The molecule has 0 aliphatic heterocycles. The number of amides is 1. The lowest BCUT2D eigenvalue weighted by Crippen LogP contribution is -2.27. The van der Waals surface area contributed by atoms with Crippen molar-refractivity contribution in [2.24, 2.45) is 0 Å². The number of rotatable bonds is 6. The van der Waals surface area contributed by atoms with Crippen LogP contribution in [0.15, 0.2) is 66.9 Å². The Labute approximate surface area is 145 Å². The number of benzene rings is 2. The third kappa shape index (κ3) is 4.24. The highest BCUT2D eigenvalue weighted by molar-refractivity contribution is 5.92. The van der Waals surface area contributed by atoms with Gasteiger partial charge in [0.25, 0.3) is 5.91 Å². The fraction of sp³-hybridized carbons (Fsp3) is 0.105. The Morgan fingerprint density at radius 2 is 1.92 bits per heavy atom. The first kappa shape index (κ1) is 16.3. The number of aromatic nitrogens is 2. The maximum atomic E-state index is 12.0. The molecule has 124 valence electrons. The smallest absolute Gasteiger partial charge is 0.270 e. The molecule has 0 unspecified atom stereocenters. The van der Waals surface area contributed by atoms with Crippen molar-refractivity contribution in [2.75, 3.05) is 0 Å². The zero-order chi connectivity index (χ0) is 17.5. The number of aromatic amines is 1. The van der Waals surface area contributed by atoms with Crippen molar-refractivity contribution < 1.29 is 9.53 Å². The number of carbonyl (C=O) groups is 1. The van der Waals surface area contributed by atoms with Gasteiger partial charge in [-0.25, -0.2) is 0 Å². The predicted molar refractivity (Wildman–Crippen MR) is 91.6 cm³/mol. The topological polar surface area (TPSA) is 90.8 Å². The largest absolute Gasteiger partial charge is 0.489 e. The van der Waals surface area contributed by atoms with Gasteiger partial charge in [-0.3, -0.25) is 9.89 Å². The lowest BCUT2D eigenvalue weighted by atomic mass is 10.1. The zero-order valence-corrected chi connectivity index (χ0v) is 13.3. The summed E-state index contributed by atoms with van der Waals surface area (Å²) in [6.07, 6.45) is 1.48. The third-order valence-electron chi connectivity index (χ3n) is 3.61. The molecule has 1 amide bonds. The molecule has 0 spiro atoms. The minimum atomic E-state index is -0.751. The second-order valence-corrected chi connectivity index (χ2v) is 5.35. The number of H-pyrrole nitrogens is 1. The number of hydrogen-bond donors (Lipinski definition) is 2. The Bertz CT molecular complexity index is 853. The second kappa shape index (κ2) is 7.79. The molecule has 0 aliphatic carbocycles. The van der Waals surface area contributed by atoms with Gasteiger partial charge in [-0.1, -0.05) is 42.5 Å². The van der Waals surface area contributed by atoms with Crippen molar-refractivity contribution >= 4 is 5.91 Å². The third-order valence-corrected chi connectivity index (χ3v) is 3.61. The Morgan fingerprint density at radius 3 is 2.56 bits per heavy atom. The van der Waals surface area contributed by atoms with E-state index in [1.54, 1.807) is 30.3 Å². The first-order valence-electron chi connectivity index (χ1n) is 7.73. The highest BCUT2D eigenvalue weighted by atomic mass is 16.5. The molecule has 0 saturated carbocycles. The molecule has 2 aromatic carbocycles. The van der Waals surface area contributed by atoms with Gasteiger partial charge >= 0.3 is 0 Å². The minimum Gasteiger partial charge on any atom is -0.489 e. The van der Waals surface area contributed by atoms with Crippen LogP contribution in [-0.4, -0.2) is 16.1 Å². The molecular formula is C19H16N4O2. The van der Waals surface area contributed by atoms with E-state index in [9.17, 15) is 10.1 Å². The van der Waals surface area contributed by atoms with E-state index >= 15 is 0 Å². The summed E-state index contributed by atoms with van der Waals surface area (Å²) in [5, 5.41) is 18.3. The van der Waals surface area contributed by atoms with Crippen LogP contribution in [0.25, 0.3) is 0 Å². The maximum absolute atomic E-state index is 12.0. The van der Waals surface area contributed by atoms with Crippen molar-refractivity contribution in [1.29, 1.82) is 5.26 Å². The van der Waals surface area contributed by atoms with E-state index < -0.39 is 6.04 Å². The highest BCUT2D eigenvalue weighted by Crippen LogP contribution is 2.19. The van der Waals surface area contributed by atoms with Crippen molar-refractivity contribution in [2.45, 2.75) is 12.6 Å². The number of carbonyl (C=O) groups excluding carboxylic acids is 1. The second-order valence-electron chi connectivity index (χ2n) is 5.35. The van der Waals surface area contributed by atoms with Crippen LogP contribution in [0.2, 0.25) is 0 Å². The Balaban J connectivity index is 1.62. The van der Waals surface area contributed by atoms with Crippen LogP contribution in [0.5, 0.6) is 5.75 Å². The highest BCUT2D eigenvalue weighted by Gasteiger charge is 2.16. The Morgan fingerprint density at radius 1 is 1.16 bits per heavy atom. The number of nitriles is 1. The fourth-order valence-electron chi connectivity index (χ4n) is 2.28. The first-order chi connectivity index (χ1) is 12.3. The lowest BCUT2D eigenvalue weighted by molar-refractivity contribution is 0.0940. The average molecular weight is 332 g/mol. The SMILES string of the molecule is N#C[C@H](NC(=O)c1ccn[nH]1)c1ccc(OCc2ccccc2)cc1. The zero-order valence-electron chi connectivity index (χ0n) is 13.3. The first-order valence-corrected chi connectivity index (χ1v) is 7.73. The van der Waals surface area contributed by atoms with E-state index in [4.69, 9.17) is 4.74 Å². The summed E-state index contributed by atoms with van der Waals surface area (Å²) in [7, 11) is 0. The Hall–Kier alpha value is -3.59. The van der Waals surface area contributed by atoms with E-state index in [1.807, 2.05) is 30.3 Å². The molecule has 0 aliphatic rings. The quantitative estimate of drug-likeness (QED) is 0.726. The fourth-order valence-corrected chi connectivity index (χ4v) is 2.28. The molecule has 25 heavy (non-hydrogen) atoms. The molecule has 6 nitrogen and oxygen atoms in total. The van der Waals surface area contributed by atoms with Crippen molar-refractivity contribution in [3.8, 4) is 11.8 Å². The van der Waals surface area contributed by atoms with Gasteiger partial charge in [0.2, 0.25) is 0 Å². The van der Waals surface area contributed by atoms with Gasteiger partial charge in [-0.05, 0) is 29.3 Å². The lowest BCUT2D eigenvalue weighted by Gasteiger charge is -2.12. The molecule has 3 rings (SSSR count). The summed E-state index contributed by atoms with van der Waals surface area (Å²) in [4.78, 5) is 12.0. The van der Waals surface area contributed by atoms with E-state index in [2.05, 4.69) is 21.6 Å². The van der Waals surface area contributed by atoms with Crippen molar-refractivity contribution in [3.05, 3.63) is 83.7 Å². The summed E-state index contributed by atoms with van der Waals surface area (Å²) in [6, 6.07) is 19.8. The maximum Gasteiger partial charge on any atom is 0.270 e.